The summed E-state index contributed by atoms with van der Waals surface area (Å²) in [6.45, 7) is 4.92. The van der Waals surface area contributed by atoms with E-state index in [0.717, 1.165) is 29.1 Å². The maximum absolute atomic E-state index is 5.52. The molecule has 0 saturated carbocycles. The third-order valence-electron chi connectivity index (χ3n) is 3.29. The second-order valence-electron chi connectivity index (χ2n) is 5.06. The molecule has 1 aromatic carbocycles. The van der Waals surface area contributed by atoms with Gasteiger partial charge < -0.3 is 10.5 Å². The van der Waals surface area contributed by atoms with Crippen molar-refractivity contribution in [3.8, 4) is 17.0 Å². The van der Waals surface area contributed by atoms with E-state index in [-0.39, 0.29) is 0 Å². The maximum Gasteiger partial charge on any atom is 0.128 e. The van der Waals surface area contributed by atoms with Crippen molar-refractivity contribution in [2.24, 2.45) is 5.73 Å². The van der Waals surface area contributed by atoms with Gasteiger partial charge in [0.2, 0.25) is 0 Å². The van der Waals surface area contributed by atoms with Crippen LogP contribution < -0.4 is 10.5 Å². The molecule has 0 spiro atoms. The Balaban J connectivity index is 2.41. The van der Waals surface area contributed by atoms with E-state index in [1.54, 1.807) is 7.11 Å². The van der Waals surface area contributed by atoms with Crippen LogP contribution in [0.3, 0.4) is 0 Å². The molecule has 0 atom stereocenters. The van der Waals surface area contributed by atoms with Crippen LogP contribution >= 0.6 is 0 Å². The molecule has 4 heteroatoms. The zero-order valence-corrected chi connectivity index (χ0v) is 12.3. The quantitative estimate of drug-likeness (QED) is 0.908. The molecule has 0 bridgehead atoms. The molecule has 4 nitrogen and oxygen atoms in total. The summed E-state index contributed by atoms with van der Waals surface area (Å²) in [7, 11) is 1.67. The molecule has 0 aliphatic carbocycles. The summed E-state index contributed by atoms with van der Waals surface area (Å²) < 4.78 is 5.42. The lowest BCUT2D eigenvalue weighted by Gasteiger charge is -2.12. The Morgan fingerprint density at radius 3 is 2.50 bits per heavy atom. The van der Waals surface area contributed by atoms with Gasteiger partial charge in [0.05, 0.1) is 18.5 Å². The van der Waals surface area contributed by atoms with E-state index in [4.69, 9.17) is 10.5 Å². The van der Waals surface area contributed by atoms with E-state index < -0.39 is 0 Å². The SMILES string of the molecule is COc1ccc(C(C)C)cc1-c1ccc(CCN)nn1. The van der Waals surface area contributed by atoms with Crippen LogP contribution in [0.5, 0.6) is 5.75 Å². The molecule has 0 amide bonds. The molecule has 0 fully saturated rings. The van der Waals surface area contributed by atoms with Crippen molar-refractivity contribution in [1.82, 2.24) is 10.2 Å². The van der Waals surface area contributed by atoms with Gasteiger partial charge in [-0.3, -0.25) is 0 Å². The summed E-state index contributed by atoms with van der Waals surface area (Å²) in [4.78, 5) is 0. The van der Waals surface area contributed by atoms with Gasteiger partial charge in [-0.05, 0) is 42.3 Å². The van der Waals surface area contributed by atoms with Crippen molar-refractivity contribution >= 4 is 0 Å². The highest BCUT2D eigenvalue weighted by atomic mass is 16.5. The topological polar surface area (TPSA) is 61.0 Å². The number of nitrogens with two attached hydrogens (primary N) is 1. The first-order chi connectivity index (χ1) is 9.65. The number of hydrogen-bond donors (Lipinski definition) is 1. The van der Waals surface area contributed by atoms with Gasteiger partial charge in [0.15, 0.2) is 0 Å². The van der Waals surface area contributed by atoms with Gasteiger partial charge in [0.25, 0.3) is 0 Å². The van der Waals surface area contributed by atoms with Gasteiger partial charge in [-0.25, -0.2) is 0 Å². The lowest BCUT2D eigenvalue weighted by atomic mass is 9.99. The molecule has 0 radical (unpaired) electrons. The molecular formula is C16H21N3O. The maximum atomic E-state index is 5.52. The second-order valence-corrected chi connectivity index (χ2v) is 5.06. The third-order valence-corrected chi connectivity index (χ3v) is 3.29. The van der Waals surface area contributed by atoms with Gasteiger partial charge in [-0.2, -0.15) is 10.2 Å². The number of benzene rings is 1. The highest BCUT2D eigenvalue weighted by molar-refractivity contribution is 5.68. The monoisotopic (exact) mass is 271 g/mol. The van der Waals surface area contributed by atoms with Crippen LogP contribution in [-0.2, 0) is 6.42 Å². The van der Waals surface area contributed by atoms with Crippen molar-refractivity contribution in [2.75, 3.05) is 13.7 Å². The average Bonchev–Trinajstić information content (AvgIpc) is 2.47. The third kappa shape index (κ3) is 3.14. The number of hydrogen-bond acceptors (Lipinski definition) is 4. The lowest BCUT2D eigenvalue weighted by molar-refractivity contribution is 0.416. The normalized spacial score (nSPS) is 10.8. The highest BCUT2D eigenvalue weighted by Gasteiger charge is 2.10. The Morgan fingerprint density at radius 2 is 1.95 bits per heavy atom. The fraction of sp³-hybridized carbons (Fsp3) is 0.375. The molecule has 0 aliphatic rings. The standard InChI is InChI=1S/C16H21N3O/c1-11(2)12-4-7-16(20-3)14(10-12)15-6-5-13(8-9-17)18-19-15/h4-7,10-11H,8-9,17H2,1-3H3. The summed E-state index contributed by atoms with van der Waals surface area (Å²) in [5.41, 5.74) is 9.49. The van der Waals surface area contributed by atoms with E-state index in [9.17, 15) is 0 Å². The number of aromatic nitrogens is 2. The minimum Gasteiger partial charge on any atom is -0.496 e. The fourth-order valence-electron chi connectivity index (χ4n) is 2.07. The zero-order valence-electron chi connectivity index (χ0n) is 12.3. The highest BCUT2D eigenvalue weighted by Crippen LogP contribution is 2.31. The van der Waals surface area contributed by atoms with E-state index >= 15 is 0 Å². The van der Waals surface area contributed by atoms with Crippen molar-refractivity contribution in [2.45, 2.75) is 26.2 Å². The van der Waals surface area contributed by atoms with E-state index in [1.165, 1.54) is 5.56 Å². The van der Waals surface area contributed by atoms with E-state index in [1.807, 2.05) is 18.2 Å². The van der Waals surface area contributed by atoms with E-state index in [2.05, 4.69) is 36.2 Å². The predicted octanol–water partition coefficient (Wildman–Crippen LogP) is 2.78. The summed E-state index contributed by atoms with van der Waals surface area (Å²) >= 11 is 0. The molecule has 0 aliphatic heterocycles. The van der Waals surface area contributed by atoms with Gasteiger partial charge in [0.1, 0.15) is 5.75 Å². The molecular weight excluding hydrogens is 250 g/mol. The summed E-state index contributed by atoms with van der Waals surface area (Å²) in [5, 5.41) is 8.50. The molecule has 0 unspecified atom stereocenters. The Kier molecular flexibility index (Phi) is 4.69. The molecule has 1 heterocycles. The molecule has 1 aromatic heterocycles. The van der Waals surface area contributed by atoms with Crippen molar-refractivity contribution < 1.29 is 4.74 Å². The summed E-state index contributed by atoms with van der Waals surface area (Å²) in [5.74, 6) is 1.28. The molecule has 0 saturated heterocycles. The molecule has 2 rings (SSSR count). The number of ether oxygens (including phenoxy) is 1. The van der Waals surface area contributed by atoms with Crippen LogP contribution in [0.1, 0.15) is 31.0 Å². The molecule has 106 valence electrons. The zero-order chi connectivity index (χ0) is 14.5. The lowest BCUT2D eigenvalue weighted by Crippen LogP contribution is -2.05. The number of nitrogens with zero attached hydrogens (tertiary/aromatic N) is 2. The Labute approximate surface area is 120 Å². The Bertz CT molecular complexity index is 564. The Hall–Kier alpha value is -1.94. The summed E-state index contributed by atoms with van der Waals surface area (Å²) in [6.07, 6.45) is 0.746. The van der Waals surface area contributed by atoms with Gasteiger partial charge >= 0.3 is 0 Å². The van der Waals surface area contributed by atoms with Crippen LogP contribution in [-0.4, -0.2) is 23.9 Å². The number of methoxy groups -OCH3 is 1. The minimum absolute atomic E-state index is 0.462. The van der Waals surface area contributed by atoms with Crippen molar-refractivity contribution in [3.63, 3.8) is 0 Å². The van der Waals surface area contributed by atoms with Crippen molar-refractivity contribution in [3.05, 3.63) is 41.6 Å². The molecule has 2 N–H and O–H groups in total. The average molecular weight is 271 g/mol. The first-order valence-electron chi connectivity index (χ1n) is 6.86. The second kappa shape index (κ2) is 6.48. The van der Waals surface area contributed by atoms with Gasteiger partial charge in [-0.15, -0.1) is 0 Å². The van der Waals surface area contributed by atoms with Crippen LogP contribution in [0.15, 0.2) is 30.3 Å². The van der Waals surface area contributed by atoms with Crippen LogP contribution in [0.4, 0.5) is 0 Å². The van der Waals surface area contributed by atoms with Crippen LogP contribution in [0.25, 0.3) is 11.3 Å². The van der Waals surface area contributed by atoms with Gasteiger partial charge in [0, 0.05) is 12.0 Å². The fourth-order valence-corrected chi connectivity index (χ4v) is 2.07. The van der Waals surface area contributed by atoms with E-state index in [0.29, 0.717) is 12.5 Å². The minimum atomic E-state index is 0.462. The predicted molar refractivity (Wildman–Crippen MR) is 80.9 cm³/mol. The van der Waals surface area contributed by atoms with Gasteiger partial charge in [-0.1, -0.05) is 19.9 Å². The first-order valence-corrected chi connectivity index (χ1v) is 6.86. The Morgan fingerprint density at radius 1 is 1.15 bits per heavy atom. The smallest absolute Gasteiger partial charge is 0.128 e. The van der Waals surface area contributed by atoms with Crippen LogP contribution in [0, 0.1) is 0 Å². The molecule has 20 heavy (non-hydrogen) atoms. The summed E-state index contributed by atoms with van der Waals surface area (Å²) in [6, 6.07) is 10.1. The first kappa shape index (κ1) is 14.5. The van der Waals surface area contributed by atoms with Crippen LogP contribution in [0.2, 0.25) is 0 Å². The largest absolute Gasteiger partial charge is 0.496 e. The molecule has 2 aromatic rings. The number of rotatable bonds is 5. The van der Waals surface area contributed by atoms with Crippen molar-refractivity contribution in [1.29, 1.82) is 0 Å².